The van der Waals surface area contributed by atoms with Crippen molar-refractivity contribution in [3.05, 3.63) is 58.6 Å². The Kier molecular flexibility index (Phi) is 6.90. The number of sulfonamides is 1. The Morgan fingerprint density at radius 3 is 2.46 bits per heavy atom. The SMILES string of the molecule is Cc1ccc(S(=O)(=O)NCC(=O)OCC(=O)Nc2cccc(Br)c2)cc1. The number of ether oxygens (including phenoxy) is 1. The molecule has 2 N–H and O–H groups in total. The minimum Gasteiger partial charge on any atom is -0.455 e. The zero-order chi connectivity index (χ0) is 19.2. The monoisotopic (exact) mass is 440 g/mol. The molecular weight excluding hydrogens is 424 g/mol. The highest BCUT2D eigenvalue weighted by atomic mass is 79.9. The van der Waals surface area contributed by atoms with Crippen molar-refractivity contribution in [2.75, 3.05) is 18.5 Å². The zero-order valence-corrected chi connectivity index (χ0v) is 16.3. The molecule has 9 heteroatoms. The lowest BCUT2D eigenvalue weighted by Crippen LogP contribution is -2.32. The Balaban J connectivity index is 1.79. The number of hydrogen-bond acceptors (Lipinski definition) is 5. The van der Waals surface area contributed by atoms with E-state index in [-0.39, 0.29) is 4.90 Å². The van der Waals surface area contributed by atoms with Crippen LogP contribution >= 0.6 is 15.9 Å². The Bertz CT molecular complexity index is 898. The molecule has 2 aromatic rings. The molecule has 138 valence electrons. The summed E-state index contributed by atoms with van der Waals surface area (Å²) in [5, 5.41) is 2.56. The molecule has 7 nitrogen and oxygen atoms in total. The van der Waals surface area contributed by atoms with Crippen LogP contribution in [-0.2, 0) is 24.3 Å². The molecule has 0 heterocycles. The summed E-state index contributed by atoms with van der Waals surface area (Å²) in [5.41, 5.74) is 1.46. The second-order valence-corrected chi connectivity index (χ2v) is 8.04. The van der Waals surface area contributed by atoms with E-state index in [9.17, 15) is 18.0 Å². The number of esters is 1. The van der Waals surface area contributed by atoms with Gasteiger partial charge in [0.2, 0.25) is 10.0 Å². The number of halogens is 1. The van der Waals surface area contributed by atoms with Crippen molar-refractivity contribution in [3.8, 4) is 0 Å². The molecule has 0 bridgehead atoms. The summed E-state index contributed by atoms with van der Waals surface area (Å²) in [6, 6.07) is 13.1. The first-order chi connectivity index (χ1) is 12.3. The van der Waals surface area contributed by atoms with Crippen molar-refractivity contribution >= 4 is 43.5 Å². The molecule has 0 aliphatic carbocycles. The highest BCUT2D eigenvalue weighted by Gasteiger charge is 2.16. The fourth-order valence-electron chi connectivity index (χ4n) is 1.92. The maximum Gasteiger partial charge on any atom is 0.321 e. The lowest BCUT2D eigenvalue weighted by Gasteiger charge is -2.08. The van der Waals surface area contributed by atoms with Crippen molar-refractivity contribution in [2.24, 2.45) is 0 Å². The molecule has 0 aliphatic heterocycles. The van der Waals surface area contributed by atoms with E-state index in [1.54, 1.807) is 36.4 Å². The number of rotatable bonds is 7. The van der Waals surface area contributed by atoms with Gasteiger partial charge in [0.15, 0.2) is 6.61 Å². The maximum absolute atomic E-state index is 12.1. The van der Waals surface area contributed by atoms with Crippen molar-refractivity contribution < 1.29 is 22.7 Å². The number of amides is 1. The summed E-state index contributed by atoms with van der Waals surface area (Å²) in [4.78, 5) is 23.4. The molecule has 0 aromatic heterocycles. The fourth-order valence-corrected chi connectivity index (χ4v) is 3.28. The van der Waals surface area contributed by atoms with E-state index in [0.717, 1.165) is 10.0 Å². The van der Waals surface area contributed by atoms with Gasteiger partial charge in [-0.2, -0.15) is 4.72 Å². The van der Waals surface area contributed by atoms with Gasteiger partial charge in [-0.1, -0.05) is 39.7 Å². The first-order valence-electron chi connectivity index (χ1n) is 7.54. The predicted molar refractivity (Wildman–Crippen MR) is 100 cm³/mol. The van der Waals surface area contributed by atoms with Crippen molar-refractivity contribution in [2.45, 2.75) is 11.8 Å². The minimum absolute atomic E-state index is 0.0447. The summed E-state index contributed by atoms with van der Waals surface area (Å²) in [6.45, 7) is 0.748. The number of anilines is 1. The molecule has 0 aliphatic rings. The van der Waals surface area contributed by atoms with Gasteiger partial charge in [-0.05, 0) is 37.3 Å². The van der Waals surface area contributed by atoms with Crippen LogP contribution < -0.4 is 10.0 Å². The van der Waals surface area contributed by atoms with E-state index < -0.39 is 35.1 Å². The summed E-state index contributed by atoms with van der Waals surface area (Å²) in [6.07, 6.45) is 0. The van der Waals surface area contributed by atoms with Crippen molar-refractivity contribution in [3.63, 3.8) is 0 Å². The highest BCUT2D eigenvalue weighted by molar-refractivity contribution is 9.10. The molecule has 0 unspecified atom stereocenters. The van der Waals surface area contributed by atoms with Crippen LogP contribution in [0.1, 0.15) is 5.56 Å². The molecule has 0 saturated carbocycles. The van der Waals surface area contributed by atoms with Gasteiger partial charge in [-0.3, -0.25) is 9.59 Å². The summed E-state index contributed by atoms with van der Waals surface area (Å²) in [7, 11) is -3.82. The highest BCUT2D eigenvalue weighted by Crippen LogP contribution is 2.15. The predicted octanol–water partition coefficient (Wildman–Crippen LogP) is 2.22. The number of carbonyl (C=O) groups is 2. The van der Waals surface area contributed by atoms with Crippen LogP contribution in [0.5, 0.6) is 0 Å². The number of benzene rings is 2. The lowest BCUT2D eigenvalue weighted by molar-refractivity contribution is -0.146. The van der Waals surface area contributed by atoms with Gasteiger partial charge in [0, 0.05) is 10.2 Å². The van der Waals surface area contributed by atoms with Gasteiger partial charge in [0.25, 0.3) is 5.91 Å². The summed E-state index contributed by atoms with van der Waals surface area (Å²) < 4.78 is 31.8. The third-order valence-corrected chi connectivity index (χ3v) is 5.12. The third kappa shape index (κ3) is 6.25. The fraction of sp³-hybridized carbons (Fsp3) is 0.176. The smallest absolute Gasteiger partial charge is 0.321 e. The van der Waals surface area contributed by atoms with Gasteiger partial charge in [-0.25, -0.2) is 8.42 Å². The van der Waals surface area contributed by atoms with Gasteiger partial charge in [0.1, 0.15) is 6.54 Å². The van der Waals surface area contributed by atoms with E-state index in [1.165, 1.54) is 12.1 Å². The Morgan fingerprint density at radius 1 is 1.12 bits per heavy atom. The maximum atomic E-state index is 12.1. The van der Waals surface area contributed by atoms with Crippen LogP contribution in [-0.4, -0.2) is 33.4 Å². The molecule has 0 spiro atoms. The Morgan fingerprint density at radius 2 is 1.81 bits per heavy atom. The van der Waals surface area contributed by atoms with Crippen LogP contribution in [0, 0.1) is 6.92 Å². The van der Waals surface area contributed by atoms with E-state index in [1.807, 2.05) is 6.92 Å². The van der Waals surface area contributed by atoms with E-state index >= 15 is 0 Å². The van der Waals surface area contributed by atoms with Crippen LogP contribution in [0.2, 0.25) is 0 Å². The quantitative estimate of drug-likeness (QED) is 0.642. The van der Waals surface area contributed by atoms with Gasteiger partial charge >= 0.3 is 5.97 Å². The second kappa shape index (κ2) is 8.93. The van der Waals surface area contributed by atoms with Crippen LogP contribution in [0.15, 0.2) is 57.9 Å². The number of carbonyl (C=O) groups excluding carboxylic acids is 2. The standard InChI is InChI=1S/C17H17BrN2O5S/c1-12-5-7-15(8-6-12)26(23,24)19-10-17(22)25-11-16(21)20-14-4-2-3-13(18)9-14/h2-9,19H,10-11H2,1H3,(H,20,21). The molecular formula is C17H17BrN2O5S. The molecule has 1 amide bonds. The molecule has 0 fully saturated rings. The summed E-state index contributed by atoms with van der Waals surface area (Å²) >= 11 is 3.27. The molecule has 2 aromatic carbocycles. The summed E-state index contributed by atoms with van der Waals surface area (Å²) in [5.74, 6) is -1.39. The van der Waals surface area contributed by atoms with E-state index in [2.05, 4.69) is 26.0 Å². The Labute approximate surface area is 159 Å². The normalized spacial score (nSPS) is 11.0. The van der Waals surface area contributed by atoms with Crippen LogP contribution in [0.4, 0.5) is 5.69 Å². The average Bonchev–Trinajstić information content (AvgIpc) is 2.59. The first-order valence-corrected chi connectivity index (χ1v) is 9.81. The number of aryl methyl sites for hydroxylation is 1. The van der Waals surface area contributed by atoms with Gasteiger partial charge in [0.05, 0.1) is 4.90 Å². The van der Waals surface area contributed by atoms with Crippen LogP contribution in [0.25, 0.3) is 0 Å². The largest absolute Gasteiger partial charge is 0.455 e. The Hall–Kier alpha value is -2.23. The average molecular weight is 441 g/mol. The second-order valence-electron chi connectivity index (χ2n) is 5.36. The van der Waals surface area contributed by atoms with Crippen molar-refractivity contribution in [1.82, 2.24) is 4.72 Å². The molecule has 0 radical (unpaired) electrons. The first kappa shape index (κ1) is 20.1. The van der Waals surface area contributed by atoms with Crippen LogP contribution in [0.3, 0.4) is 0 Å². The minimum atomic E-state index is -3.82. The van der Waals surface area contributed by atoms with Crippen molar-refractivity contribution in [1.29, 1.82) is 0 Å². The number of nitrogens with one attached hydrogen (secondary N) is 2. The van der Waals surface area contributed by atoms with E-state index in [4.69, 9.17) is 4.74 Å². The topological polar surface area (TPSA) is 102 Å². The molecule has 0 atom stereocenters. The van der Waals surface area contributed by atoms with Gasteiger partial charge < -0.3 is 10.1 Å². The molecule has 26 heavy (non-hydrogen) atoms. The molecule has 2 rings (SSSR count). The zero-order valence-electron chi connectivity index (χ0n) is 13.9. The van der Waals surface area contributed by atoms with E-state index in [0.29, 0.717) is 5.69 Å². The third-order valence-electron chi connectivity index (χ3n) is 3.21. The number of hydrogen-bond donors (Lipinski definition) is 2. The molecule has 0 saturated heterocycles. The van der Waals surface area contributed by atoms with Gasteiger partial charge in [-0.15, -0.1) is 0 Å². The lowest BCUT2D eigenvalue weighted by atomic mass is 10.2.